The summed E-state index contributed by atoms with van der Waals surface area (Å²) in [5.74, 6) is 0. The predicted molar refractivity (Wildman–Crippen MR) is 66.2 cm³/mol. The number of ether oxygens (including phenoxy) is 1. The molecule has 3 atom stereocenters. The lowest BCUT2D eigenvalue weighted by Crippen LogP contribution is -2.52. The molecule has 2 heterocycles. The van der Waals surface area contributed by atoms with Crippen molar-refractivity contribution in [1.82, 2.24) is 10.4 Å². The van der Waals surface area contributed by atoms with Gasteiger partial charge in [-0.2, -0.15) is 0 Å². The molecule has 2 rings (SSSR count). The average Bonchev–Trinajstić information content (AvgIpc) is 2.75. The van der Waals surface area contributed by atoms with Gasteiger partial charge in [-0.05, 0) is 46.0 Å². The molecule has 94 valence electrons. The quantitative estimate of drug-likeness (QED) is 0.796. The number of nitrogens with zero attached hydrogens (tertiary/aromatic N) is 1. The van der Waals surface area contributed by atoms with E-state index in [-0.39, 0.29) is 0 Å². The minimum absolute atomic E-state index is 0.517. The van der Waals surface area contributed by atoms with Crippen LogP contribution in [0.1, 0.15) is 52.4 Å². The van der Waals surface area contributed by atoms with Gasteiger partial charge in [0.05, 0.1) is 6.10 Å². The van der Waals surface area contributed by atoms with Gasteiger partial charge in [0.15, 0.2) is 0 Å². The van der Waals surface area contributed by atoms with Crippen LogP contribution in [0.2, 0.25) is 0 Å². The van der Waals surface area contributed by atoms with Crippen molar-refractivity contribution in [2.45, 2.75) is 70.6 Å². The van der Waals surface area contributed by atoms with E-state index < -0.39 is 0 Å². The minimum atomic E-state index is 0.517. The highest BCUT2D eigenvalue weighted by atomic mass is 16.5. The van der Waals surface area contributed by atoms with Crippen LogP contribution in [0, 0.1) is 0 Å². The largest absolute Gasteiger partial charge is 0.378 e. The van der Waals surface area contributed by atoms with Crippen LogP contribution in [-0.2, 0) is 4.74 Å². The fourth-order valence-electron chi connectivity index (χ4n) is 2.96. The molecule has 2 fully saturated rings. The van der Waals surface area contributed by atoms with E-state index in [2.05, 4.69) is 24.3 Å². The lowest BCUT2D eigenvalue weighted by Gasteiger charge is -2.39. The molecule has 0 aliphatic carbocycles. The molecule has 0 bridgehead atoms. The third-order valence-corrected chi connectivity index (χ3v) is 3.98. The second-order valence-electron chi connectivity index (χ2n) is 5.37. The zero-order valence-corrected chi connectivity index (χ0v) is 10.7. The second kappa shape index (κ2) is 5.99. The highest BCUT2D eigenvalue weighted by Gasteiger charge is 2.24. The van der Waals surface area contributed by atoms with Crippen molar-refractivity contribution >= 4 is 0 Å². The molecule has 0 aromatic rings. The fourth-order valence-corrected chi connectivity index (χ4v) is 2.96. The normalized spacial score (nSPS) is 36.8. The van der Waals surface area contributed by atoms with Gasteiger partial charge >= 0.3 is 0 Å². The maximum absolute atomic E-state index is 5.64. The Balaban J connectivity index is 1.67. The van der Waals surface area contributed by atoms with E-state index in [0.29, 0.717) is 18.2 Å². The first kappa shape index (κ1) is 12.3. The molecule has 0 aromatic carbocycles. The number of hydrogen-bond donors (Lipinski definition) is 1. The molecule has 0 aromatic heterocycles. The van der Waals surface area contributed by atoms with Crippen LogP contribution in [0.15, 0.2) is 0 Å². The van der Waals surface area contributed by atoms with Gasteiger partial charge in [-0.3, -0.25) is 5.43 Å². The summed E-state index contributed by atoms with van der Waals surface area (Å²) in [5, 5.41) is 2.46. The molecule has 3 unspecified atom stereocenters. The van der Waals surface area contributed by atoms with Crippen LogP contribution in [0.5, 0.6) is 0 Å². The molecule has 16 heavy (non-hydrogen) atoms. The van der Waals surface area contributed by atoms with Gasteiger partial charge in [0, 0.05) is 25.2 Å². The van der Waals surface area contributed by atoms with E-state index in [1.165, 1.54) is 32.1 Å². The molecule has 3 nitrogen and oxygen atoms in total. The van der Waals surface area contributed by atoms with Gasteiger partial charge in [-0.15, -0.1) is 0 Å². The third-order valence-electron chi connectivity index (χ3n) is 3.98. The van der Waals surface area contributed by atoms with E-state index in [9.17, 15) is 0 Å². The van der Waals surface area contributed by atoms with Crippen LogP contribution in [0.4, 0.5) is 0 Å². The van der Waals surface area contributed by atoms with Gasteiger partial charge in [0.2, 0.25) is 0 Å². The van der Waals surface area contributed by atoms with Crippen LogP contribution in [-0.4, -0.2) is 36.3 Å². The monoisotopic (exact) mass is 226 g/mol. The first-order chi connectivity index (χ1) is 7.77. The minimum Gasteiger partial charge on any atom is -0.378 e. The number of hydrogen-bond acceptors (Lipinski definition) is 3. The molecular weight excluding hydrogens is 200 g/mol. The fraction of sp³-hybridized carbons (Fsp3) is 1.00. The highest BCUT2D eigenvalue weighted by Crippen LogP contribution is 2.20. The summed E-state index contributed by atoms with van der Waals surface area (Å²) in [6, 6.07) is 1.38. The van der Waals surface area contributed by atoms with E-state index in [1.54, 1.807) is 0 Å². The lowest BCUT2D eigenvalue weighted by molar-refractivity contribution is 0.0360. The number of hydrazine groups is 1. The Morgan fingerprint density at radius 1 is 1.12 bits per heavy atom. The van der Waals surface area contributed by atoms with Gasteiger partial charge in [0.1, 0.15) is 0 Å². The smallest absolute Gasteiger partial charge is 0.0588 e. The average molecular weight is 226 g/mol. The molecule has 2 saturated heterocycles. The molecule has 0 radical (unpaired) electrons. The molecular formula is C13H26N2O. The summed E-state index contributed by atoms with van der Waals surface area (Å²) in [7, 11) is 0. The third kappa shape index (κ3) is 3.19. The Labute approximate surface area is 99.5 Å². The molecule has 0 amide bonds. The summed E-state index contributed by atoms with van der Waals surface area (Å²) in [6.45, 7) is 6.70. The molecule has 2 aliphatic heterocycles. The Bertz CT molecular complexity index is 194. The lowest BCUT2D eigenvalue weighted by atomic mass is 10.00. The first-order valence-corrected chi connectivity index (χ1v) is 6.91. The van der Waals surface area contributed by atoms with Gasteiger partial charge in [-0.1, -0.05) is 6.42 Å². The summed E-state index contributed by atoms with van der Waals surface area (Å²) in [4.78, 5) is 0. The topological polar surface area (TPSA) is 24.5 Å². The van der Waals surface area contributed by atoms with E-state index in [1.807, 2.05) is 0 Å². The van der Waals surface area contributed by atoms with E-state index in [0.717, 1.165) is 19.6 Å². The Hall–Kier alpha value is -0.120. The molecule has 3 heteroatoms. The predicted octanol–water partition coefficient (Wildman–Crippen LogP) is 2.32. The number of piperidine rings is 1. The SMILES string of the molecule is CC1CCCC(C)N1NCCC1CCCO1. The van der Waals surface area contributed by atoms with Gasteiger partial charge in [0.25, 0.3) is 0 Å². The van der Waals surface area contributed by atoms with Crippen molar-refractivity contribution in [2.24, 2.45) is 0 Å². The Kier molecular flexibility index (Phi) is 4.62. The highest BCUT2D eigenvalue weighted by molar-refractivity contribution is 4.77. The number of nitrogens with one attached hydrogen (secondary N) is 1. The zero-order chi connectivity index (χ0) is 11.4. The van der Waals surface area contributed by atoms with Crippen LogP contribution in [0.25, 0.3) is 0 Å². The maximum atomic E-state index is 5.64. The van der Waals surface area contributed by atoms with Crippen molar-refractivity contribution in [3.63, 3.8) is 0 Å². The van der Waals surface area contributed by atoms with Crippen molar-refractivity contribution in [3.8, 4) is 0 Å². The zero-order valence-electron chi connectivity index (χ0n) is 10.7. The van der Waals surface area contributed by atoms with Crippen molar-refractivity contribution in [2.75, 3.05) is 13.2 Å². The molecule has 1 N–H and O–H groups in total. The first-order valence-electron chi connectivity index (χ1n) is 6.91. The summed E-state index contributed by atoms with van der Waals surface area (Å²) < 4.78 is 5.64. The van der Waals surface area contributed by atoms with Crippen molar-refractivity contribution in [3.05, 3.63) is 0 Å². The Morgan fingerprint density at radius 3 is 2.50 bits per heavy atom. The molecule has 0 saturated carbocycles. The molecule has 0 spiro atoms. The van der Waals surface area contributed by atoms with E-state index >= 15 is 0 Å². The Morgan fingerprint density at radius 2 is 1.88 bits per heavy atom. The van der Waals surface area contributed by atoms with Crippen molar-refractivity contribution < 1.29 is 4.74 Å². The van der Waals surface area contributed by atoms with Crippen LogP contribution in [0.3, 0.4) is 0 Å². The second-order valence-corrected chi connectivity index (χ2v) is 5.37. The summed E-state index contributed by atoms with van der Waals surface area (Å²) >= 11 is 0. The standard InChI is InChI=1S/C13H26N2O/c1-11-5-3-6-12(2)15(11)14-9-8-13-7-4-10-16-13/h11-14H,3-10H2,1-2H3. The molecule has 2 aliphatic rings. The van der Waals surface area contributed by atoms with Crippen LogP contribution >= 0.6 is 0 Å². The van der Waals surface area contributed by atoms with Gasteiger partial charge in [-0.25, -0.2) is 5.01 Å². The van der Waals surface area contributed by atoms with Gasteiger partial charge < -0.3 is 4.74 Å². The number of rotatable bonds is 4. The van der Waals surface area contributed by atoms with E-state index in [4.69, 9.17) is 4.74 Å². The summed E-state index contributed by atoms with van der Waals surface area (Å²) in [5.41, 5.74) is 3.60. The summed E-state index contributed by atoms with van der Waals surface area (Å²) in [6.07, 6.45) is 8.23. The van der Waals surface area contributed by atoms with Crippen molar-refractivity contribution in [1.29, 1.82) is 0 Å². The maximum Gasteiger partial charge on any atom is 0.0588 e. The van der Waals surface area contributed by atoms with Crippen LogP contribution < -0.4 is 5.43 Å².